The average Bonchev–Trinajstić information content (AvgIpc) is 2.56. The van der Waals surface area contributed by atoms with Gasteiger partial charge in [-0.05, 0) is 65.3 Å². The summed E-state index contributed by atoms with van der Waals surface area (Å²) >= 11 is 0. The highest BCUT2D eigenvalue weighted by atomic mass is 15.1. The van der Waals surface area contributed by atoms with Crippen LogP contribution in [0.1, 0.15) is 43.3 Å². The fourth-order valence-electron chi connectivity index (χ4n) is 3.30. The lowest BCUT2D eigenvalue weighted by atomic mass is 10.1. The molecule has 108 valence electrons. The lowest BCUT2D eigenvalue weighted by Gasteiger charge is -2.19. The first kappa shape index (κ1) is 14.6. The number of hydrogen-bond donors (Lipinski definition) is 1. The summed E-state index contributed by atoms with van der Waals surface area (Å²) in [5.74, 6) is 0. The molecule has 0 atom stereocenters. The Morgan fingerprint density at radius 1 is 1.21 bits per heavy atom. The lowest BCUT2D eigenvalue weighted by Crippen LogP contribution is -2.30. The van der Waals surface area contributed by atoms with E-state index >= 15 is 0 Å². The van der Waals surface area contributed by atoms with E-state index in [1.165, 1.54) is 56.0 Å². The summed E-state index contributed by atoms with van der Waals surface area (Å²) in [7, 11) is 0. The summed E-state index contributed by atoms with van der Waals surface area (Å²) in [6, 6.07) is 2.95. The molecule has 3 nitrogen and oxygen atoms in total. The molecule has 2 heterocycles. The minimum absolute atomic E-state index is 0.566. The number of nitrogens with one attached hydrogen (secondary N) is 1. The number of hydrogen-bond acceptors (Lipinski definition) is 2. The van der Waals surface area contributed by atoms with E-state index in [0.717, 1.165) is 6.54 Å². The molecule has 1 N–H and O–H groups in total. The summed E-state index contributed by atoms with van der Waals surface area (Å²) in [4.78, 5) is 2.60. The second-order valence-electron chi connectivity index (χ2n) is 6.06. The van der Waals surface area contributed by atoms with Crippen molar-refractivity contribution in [2.45, 2.75) is 46.6 Å². The van der Waals surface area contributed by atoms with Gasteiger partial charge in [0.2, 0.25) is 0 Å². The Hall–Kier alpha value is -0.800. The van der Waals surface area contributed by atoms with Crippen LogP contribution in [-0.2, 0) is 6.42 Å². The molecule has 1 aromatic heterocycles. The van der Waals surface area contributed by atoms with Gasteiger partial charge in [-0.3, -0.25) is 0 Å². The van der Waals surface area contributed by atoms with Crippen LogP contribution in [0, 0.1) is 13.8 Å². The maximum absolute atomic E-state index is 3.47. The van der Waals surface area contributed by atoms with Crippen LogP contribution in [0.5, 0.6) is 0 Å². The molecule has 19 heavy (non-hydrogen) atoms. The van der Waals surface area contributed by atoms with Crippen molar-refractivity contribution in [3.8, 4) is 0 Å². The minimum Gasteiger partial charge on any atom is -0.346 e. The first-order chi connectivity index (χ1) is 9.09. The average molecular weight is 263 g/mol. The molecule has 0 saturated carbocycles. The highest BCUT2D eigenvalue weighted by molar-refractivity contribution is 5.27. The van der Waals surface area contributed by atoms with Crippen molar-refractivity contribution >= 4 is 0 Å². The van der Waals surface area contributed by atoms with Gasteiger partial charge in [0.1, 0.15) is 0 Å². The van der Waals surface area contributed by atoms with Crippen molar-refractivity contribution in [2.75, 3.05) is 32.7 Å². The molecule has 1 aliphatic heterocycles. The van der Waals surface area contributed by atoms with Crippen LogP contribution in [0.15, 0.2) is 6.07 Å². The Labute approximate surface area is 118 Å². The van der Waals surface area contributed by atoms with Crippen LogP contribution >= 0.6 is 0 Å². The highest BCUT2D eigenvalue weighted by Crippen LogP contribution is 2.20. The molecule has 2 rings (SSSR count). The van der Waals surface area contributed by atoms with Gasteiger partial charge in [0.15, 0.2) is 0 Å². The molecule has 0 aromatic carbocycles. The maximum Gasteiger partial charge on any atom is 0.0279 e. The molecule has 0 unspecified atom stereocenters. The predicted molar refractivity (Wildman–Crippen MR) is 81.9 cm³/mol. The van der Waals surface area contributed by atoms with Gasteiger partial charge in [0.25, 0.3) is 0 Å². The molecule has 0 aliphatic carbocycles. The summed E-state index contributed by atoms with van der Waals surface area (Å²) < 4.78 is 2.46. The number of aryl methyl sites for hydroxylation is 1. The lowest BCUT2D eigenvalue weighted by molar-refractivity contribution is 0.296. The van der Waals surface area contributed by atoms with Crippen LogP contribution in [0.2, 0.25) is 0 Å². The molecule has 0 spiro atoms. The Morgan fingerprint density at radius 2 is 2.00 bits per heavy atom. The second-order valence-corrected chi connectivity index (χ2v) is 6.06. The van der Waals surface area contributed by atoms with E-state index in [1.807, 2.05) is 0 Å². The monoisotopic (exact) mass is 263 g/mol. The summed E-state index contributed by atoms with van der Waals surface area (Å²) in [5, 5.41) is 3.47. The summed E-state index contributed by atoms with van der Waals surface area (Å²) in [6.45, 7) is 15.0. The minimum atomic E-state index is 0.566. The van der Waals surface area contributed by atoms with Crippen LogP contribution in [0.25, 0.3) is 0 Å². The van der Waals surface area contributed by atoms with Crippen molar-refractivity contribution in [1.82, 2.24) is 14.8 Å². The van der Waals surface area contributed by atoms with Crippen LogP contribution in [-0.4, -0.2) is 42.2 Å². The Balaban J connectivity index is 1.97. The molecular weight excluding hydrogens is 234 g/mol. The van der Waals surface area contributed by atoms with Gasteiger partial charge < -0.3 is 14.8 Å². The van der Waals surface area contributed by atoms with E-state index < -0.39 is 0 Å². The zero-order chi connectivity index (χ0) is 13.8. The van der Waals surface area contributed by atoms with E-state index in [2.05, 4.69) is 48.5 Å². The third kappa shape index (κ3) is 3.61. The van der Waals surface area contributed by atoms with Crippen LogP contribution < -0.4 is 5.32 Å². The van der Waals surface area contributed by atoms with Crippen LogP contribution in [0.4, 0.5) is 0 Å². The standard InChI is InChI=1S/C16H29N3/c1-13(2)19-14(3)12-16(15(19)4)6-10-18-9-5-7-17-8-11-18/h12-13,17H,5-11H2,1-4H3. The largest absolute Gasteiger partial charge is 0.346 e. The quantitative estimate of drug-likeness (QED) is 0.901. The second kappa shape index (κ2) is 6.58. The molecule has 0 radical (unpaired) electrons. The smallest absolute Gasteiger partial charge is 0.0279 e. The van der Waals surface area contributed by atoms with E-state index in [1.54, 1.807) is 0 Å². The molecule has 3 heteroatoms. The van der Waals surface area contributed by atoms with Crippen molar-refractivity contribution in [1.29, 1.82) is 0 Å². The molecular formula is C16H29N3. The molecule has 0 bridgehead atoms. The Morgan fingerprint density at radius 3 is 2.68 bits per heavy atom. The SMILES string of the molecule is Cc1cc(CCN2CCCNCC2)c(C)n1C(C)C. The van der Waals surface area contributed by atoms with Crippen molar-refractivity contribution in [2.24, 2.45) is 0 Å². The summed E-state index contributed by atoms with van der Waals surface area (Å²) in [5.41, 5.74) is 4.39. The van der Waals surface area contributed by atoms with Crippen molar-refractivity contribution in [3.63, 3.8) is 0 Å². The molecule has 1 saturated heterocycles. The van der Waals surface area contributed by atoms with Crippen molar-refractivity contribution in [3.05, 3.63) is 23.0 Å². The molecule has 1 aromatic rings. The van der Waals surface area contributed by atoms with Gasteiger partial charge in [0.05, 0.1) is 0 Å². The maximum atomic E-state index is 3.47. The highest BCUT2D eigenvalue weighted by Gasteiger charge is 2.13. The summed E-state index contributed by atoms with van der Waals surface area (Å²) in [6.07, 6.45) is 2.47. The van der Waals surface area contributed by atoms with Gasteiger partial charge >= 0.3 is 0 Å². The molecule has 1 aliphatic rings. The third-order valence-corrected chi connectivity index (χ3v) is 4.24. The van der Waals surface area contributed by atoms with Gasteiger partial charge in [-0.25, -0.2) is 0 Å². The van der Waals surface area contributed by atoms with E-state index in [9.17, 15) is 0 Å². The Bertz CT molecular complexity index is 398. The Kier molecular flexibility index (Phi) is 5.06. The fraction of sp³-hybridized carbons (Fsp3) is 0.750. The first-order valence-corrected chi connectivity index (χ1v) is 7.70. The fourth-order valence-corrected chi connectivity index (χ4v) is 3.30. The van der Waals surface area contributed by atoms with Crippen molar-refractivity contribution < 1.29 is 0 Å². The topological polar surface area (TPSA) is 20.2 Å². The van der Waals surface area contributed by atoms with Crippen LogP contribution in [0.3, 0.4) is 0 Å². The molecule has 0 amide bonds. The zero-order valence-corrected chi connectivity index (χ0v) is 13.0. The normalized spacial score (nSPS) is 17.9. The number of nitrogens with zero attached hydrogens (tertiary/aromatic N) is 2. The number of rotatable bonds is 4. The zero-order valence-electron chi connectivity index (χ0n) is 13.0. The first-order valence-electron chi connectivity index (χ1n) is 7.70. The number of aromatic nitrogens is 1. The van der Waals surface area contributed by atoms with Gasteiger partial charge in [0, 0.05) is 37.1 Å². The van der Waals surface area contributed by atoms with E-state index in [4.69, 9.17) is 0 Å². The predicted octanol–water partition coefficient (Wildman–Crippen LogP) is 2.52. The molecule has 1 fully saturated rings. The van der Waals surface area contributed by atoms with E-state index in [0.29, 0.717) is 6.04 Å². The third-order valence-electron chi connectivity index (χ3n) is 4.24. The van der Waals surface area contributed by atoms with E-state index in [-0.39, 0.29) is 0 Å². The van der Waals surface area contributed by atoms with Gasteiger partial charge in [-0.2, -0.15) is 0 Å². The van der Waals surface area contributed by atoms with Gasteiger partial charge in [-0.15, -0.1) is 0 Å². The van der Waals surface area contributed by atoms with Gasteiger partial charge in [-0.1, -0.05) is 0 Å².